The number of nitrogens with zero attached hydrogens (tertiary/aromatic N) is 2. The minimum absolute atomic E-state index is 0.0501. The number of carboxylic acid groups (broad SMARTS) is 1. The third kappa shape index (κ3) is 8.23. The zero-order valence-electron chi connectivity index (χ0n) is 20.6. The Morgan fingerprint density at radius 2 is 1.83 bits per heavy atom. The summed E-state index contributed by atoms with van der Waals surface area (Å²) in [7, 11) is 0. The molecule has 36 heavy (non-hydrogen) atoms. The van der Waals surface area contributed by atoms with Gasteiger partial charge in [-0.15, -0.1) is 0 Å². The van der Waals surface area contributed by atoms with E-state index in [1.807, 2.05) is 26.8 Å². The van der Waals surface area contributed by atoms with Gasteiger partial charge in [0.15, 0.2) is 0 Å². The number of rotatable bonds is 11. The molecule has 0 spiro atoms. The highest BCUT2D eigenvalue weighted by Gasteiger charge is 2.21. The number of aliphatic carboxylic acids is 1. The lowest BCUT2D eigenvalue weighted by Gasteiger charge is -2.18. The van der Waals surface area contributed by atoms with Crippen molar-refractivity contribution in [3.63, 3.8) is 0 Å². The number of benzene rings is 1. The first-order chi connectivity index (χ1) is 17.2. The summed E-state index contributed by atoms with van der Waals surface area (Å²) in [4.78, 5) is 39.8. The molecule has 10 heteroatoms. The van der Waals surface area contributed by atoms with Crippen molar-refractivity contribution < 1.29 is 24.0 Å². The number of hydrogen-bond acceptors (Lipinski definition) is 6. The maximum atomic E-state index is 12.8. The minimum Gasteiger partial charge on any atom is -0.481 e. The first-order valence-corrected chi connectivity index (χ1v) is 11.7. The van der Waals surface area contributed by atoms with E-state index in [9.17, 15) is 14.4 Å². The van der Waals surface area contributed by atoms with E-state index >= 15 is 0 Å². The van der Waals surface area contributed by atoms with Gasteiger partial charge in [0.2, 0.25) is 5.91 Å². The monoisotopic (exact) mass is 493 g/mol. The average Bonchev–Trinajstić information content (AvgIpc) is 3.29. The topological polar surface area (TPSA) is 146 Å². The van der Waals surface area contributed by atoms with Crippen molar-refractivity contribution in [2.45, 2.75) is 52.5 Å². The summed E-state index contributed by atoms with van der Waals surface area (Å²) in [5.41, 5.74) is 3.48. The molecular weight excluding hydrogens is 462 g/mol. The van der Waals surface area contributed by atoms with Crippen molar-refractivity contribution in [1.29, 1.82) is 0 Å². The molecule has 0 aliphatic carbocycles. The fraction of sp³-hybridized carbons (Fsp3) is 0.346. The highest BCUT2D eigenvalue weighted by atomic mass is 16.5. The Bertz CT molecular complexity index is 1190. The van der Waals surface area contributed by atoms with Gasteiger partial charge in [-0.1, -0.05) is 31.1 Å². The second kappa shape index (κ2) is 12.5. The molecule has 0 aliphatic heterocycles. The summed E-state index contributed by atoms with van der Waals surface area (Å²) >= 11 is 0. The highest BCUT2D eigenvalue weighted by molar-refractivity contribution is 6.00. The third-order valence-corrected chi connectivity index (χ3v) is 5.43. The van der Waals surface area contributed by atoms with E-state index in [2.05, 4.69) is 26.1 Å². The molecule has 0 saturated heterocycles. The van der Waals surface area contributed by atoms with Crippen LogP contribution in [-0.2, 0) is 22.4 Å². The van der Waals surface area contributed by atoms with Crippen LogP contribution in [0.15, 0.2) is 53.3 Å². The van der Waals surface area contributed by atoms with Crippen molar-refractivity contribution in [3.8, 4) is 0 Å². The van der Waals surface area contributed by atoms with Crippen LogP contribution < -0.4 is 16.0 Å². The standard InChI is InChI=1S/C26H31N5O5/c1-16(2)12-21(22-14-20(36-31-22)8-9-25(33)34)29-24(32)13-18-4-6-19(7-5-18)28-26(35)30-23-15-27-11-10-17(23)3/h4-7,10-11,14-16,21H,8-9,12-13H2,1-3H3,(H,29,32)(H,33,34)(H2,28,30,35). The molecule has 0 bridgehead atoms. The van der Waals surface area contributed by atoms with Crippen molar-refractivity contribution >= 4 is 29.3 Å². The number of hydrogen-bond donors (Lipinski definition) is 4. The first-order valence-electron chi connectivity index (χ1n) is 11.7. The van der Waals surface area contributed by atoms with Gasteiger partial charge in [-0.25, -0.2) is 4.79 Å². The Kier molecular flexibility index (Phi) is 9.15. The van der Waals surface area contributed by atoms with Gasteiger partial charge in [0.1, 0.15) is 11.5 Å². The summed E-state index contributed by atoms with van der Waals surface area (Å²) < 4.78 is 5.26. The van der Waals surface area contributed by atoms with Gasteiger partial charge in [-0.05, 0) is 48.6 Å². The van der Waals surface area contributed by atoms with Crippen LogP contribution in [0.5, 0.6) is 0 Å². The number of carbonyl (C=O) groups excluding carboxylic acids is 2. The molecule has 2 aromatic heterocycles. The molecule has 1 unspecified atom stereocenters. The van der Waals surface area contributed by atoms with Crippen LogP contribution in [0.2, 0.25) is 0 Å². The largest absolute Gasteiger partial charge is 0.481 e. The molecule has 4 N–H and O–H groups in total. The van der Waals surface area contributed by atoms with Crippen LogP contribution in [0.25, 0.3) is 0 Å². The van der Waals surface area contributed by atoms with E-state index in [1.54, 1.807) is 42.7 Å². The predicted molar refractivity (Wildman–Crippen MR) is 135 cm³/mol. The number of aromatic nitrogens is 2. The lowest BCUT2D eigenvalue weighted by molar-refractivity contribution is -0.137. The molecule has 2 heterocycles. The zero-order valence-corrected chi connectivity index (χ0v) is 20.6. The molecule has 0 fully saturated rings. The molecule has 0 saturated carbocycles. The number of amides is 3. The molecule has 3 rings (SSSR count). The molecule has 0 radical (unpaired) electrons. The summed E-state index contributed by atoms with van der Waals surface area (Å²) in [5.74, 6) is -0.325. The maximum absolute atomic E-state index is 12.8. The number of anilines is 2. The Hall–Kier alpha value is -4.21. The minimum atomic E-state index is -0.912. The summed E-state index contributed by atoms with van der Waals surface area (Å²) in [6.45, 7) is 5.97. The molecule has 3 amide bonds. The SMILES string of the molecule is Cc1ccncc1NC(=O)Nc1ccc(CC(=O)NC(CC(C)C)c2cc(CCC(=O)O)on2)cc1. The predicted octanol–water partition coefficient (Wildman–Crippen LogP) is 4.49. The van der Waals surface area contributed by atoms with Crippen LogP contribution >= 0.6 is 0 Å². The van der Waals surface area contributed by atoms with Crippen molar-refractivity contribution in [1.82, 2.24) is 15.5 Å². The van der Waals surface area contributed by atoms with Gasteiger partial charge in [-0.3, -0.25) is 14.6 Å². The molecule has 1 aromatic carbocycles. The first kappa shape index (κ1) is 26.4. The van der Waals surface area contributed by atoms with Crippen LogP contribution in [0, 0.1) is 12.8 Å². The number of carbonyl (C=O) groups is 3. The Balaban J connectivity index is 1.56. The van der Waals surface area contributed by atoms with Crippen molar-refractivity contribution in [2.75, 3.05) is 10.6 Å². The zero-order chi connectivity index (χ0) is 26.1. The van der Waals surface area contributed by atoms with Crippen LogP contribution in [-0.4, -0.2) is 33.2 Å². The second-order valence-electron chi connectivity index (χ2n) is 9.00. The van der Waals surface area contributed by atoms with Gasteiger partial charge in [0, 0.05) is 24.4 Å². The van der Waals surface area contributed by atoms with Crippen LogP contribution in [0.1, 0.15) is 55.3 Å². The fourth-order valence-electron chi connectivity index (χ4n) is 3.58. The van der Waals surface area contributed by atoms with E-state index < -0.39 is 5.97 Å². The quantitative estimate of drug-likeness (QED) is 0.308. The number of aryl methyl sites for hydroxylation is 2. The lowest BCUT2D eigenvalue weighted by atomic mass is 10.00. The molecular formula is C26H31N5O5. The van der Waals surface area contributed by atoms with E-state index in [4.69, 9.17) is 9.63 Å². The third-order valence-electron chi connectivity index (χ3n) is 5.43. The van der Waals surface area contributed by atoms with Crippen molar-refractivity contribution in [2.24, 2.45) is 5.92 Å². The summed E-state index contributed by atoms with van der Waals surface area (Å²) in [6, 6.07) is 9.80. The van der Waals surface area contributed by atoms with E-state index in [-0.39, 0.29) is 37.2 Å². The maximum Gasteiger partial charge on any atom is 0.323 e. The summed E-state index contributed by atoms with van der Waals surface area (Å²) in [5, 5.41) is 21.4. The Morgan fingerprint density at radius 1 is 1.08 bits per heavy atom. The number of pyridine rings is 1. The van der Waals surface area contributed by atoms with Gasteiger partial charge in [0.05, 0.1) is 30.8 Å². The highest BCUT2D eigenvalue weighted by Crippen LogP contribution is 2.22. The number of urea groups is 1. The lowest BCUT2D eigenvalue weighted by Crippen LogP contribution is -2.31. The Labute approximate surface area is 209 Å². The average molecular weight is 494 g/mol. The van der Waals surface area contributed by atoms with E-state index in [0.29, 0.717) is 35.2 Å². The normalized spacial score (nSPS) is 11.7. The number of carboxylic acids is 1. The van der Waals surface area contributed by atoms with Crippen LogP contribution in [0.4, 0.5) is 16.2 Å². The molecule has 3 aromatic rings. The van der Waals surface area contributed by atoms with Crippen LogP contribution in [0.3, 0.4) is 0 Å². The smallest absolute Gasteiger partial charge is 0.323 e. The molecule has 0 aliphatic rings. The molecule has 10 nitrogen and oxygen atoms in total. The van der Waals surface area contributed by atoms with E-state index in [1.165, 1.54) is 0 Å². The fourth-order valence-corrected chi connectivity index (χ4v) is 3.58. The van der Waals surface area contributed by atoms with Gasteiger partial charge in [0.25, 0.3) is 0 Å². The van der Waals surface area contributed by atoms with Gasteiger partial charge in [-0.2, -0.15) is 0 Å². The van der Waals surface area contributed by atoms with Crippen molar-refractivity contribution in [3.05, 3.63) is 71.4 Å². The summed E-state index contributed by atoms with van der Waals surface area (Å²) in [6.07, 6.45) is 4.24. The van der Waals surface area contributed by atoms with Gasteiger partial charge >= 0.3 is 12.0 Å². The van der Waals surface area contributed by atoms with E-state index in [0.717, 1.165) is 11.1 Å². The number of nitrogens with one attached hydrogen (secondary N) is 3. The second-order valence-corrected chi connectivity index (χ2v) is 9.00. The molecule has 190 valence electrons. The Morgan fingerprint density at radius 3 is 2.50 bits per heavy atom. The molecule has 1 atom stereocenters. The van der Waals surface area contributed by atoms with Gasteiger partial charge < -0.3 is 25.6 Å².